The zero-order chi connectivity index (χ0) is 21.2. The first-order valence-corrected chi connectivity index (χ1v) is 11.1. The van der Waals surface area contributed by atoms with E-state index in [0.717, 1.165) is 63.0 Å². The van der Waals surface area contributed by atoms with Crippen molar-refractivity contribution < 1.29 is 4.74 Å². The van der Waals surface area contributed by atoms with Crippen molar-refractivity contribution in [1.29, 1.82) is 0 Å². The predicted molar refractivity (Wildman–Crippen MR) is 122 cm³/mol. The number of benzene rings is 1. The highest BCUT2D eigenvalue weighted by atomic mass is 16.5. The summed E-state index contributed by atoms with van der Waals surface area (Å²) in [5.41, 5.74) is 3.74. The average molecular weight is 413 g/mol. The number of nitrogens with one attached hydrogen (secondary N) is 3. The van der Waals surface area contributed by atoms with E-state index in [9.17, 15) is 0 Å². The molecule has 3 rings (SSSR count). The molecular weight excluding hydrogens is 376 g/mol. The lowest BCUT2D eigenvalue weighted by Crippen LogP contribution is -2.39. The van der Waals surface area contributed by atoms with Gasteiger partial charge >= 0.3 is 0 Å². The molecule has 0 spiro atoms. The van der Waals surface area contributed by atoms with Crippen LogP contribution in [0, 0.1) is 6.92 Å². The first kappa shape index (κ1) is 22.2. The van der Waals surface area contributed by atoms with Crippen LogP contribution in [0.25, 0.3) is 0 Å². The van der Waals surface area contributed by atoms with Crippen LogP contribution < -0.4 is 15.4 Å². The van der Waals surface area contributed by atoms with Crippen molar-refractivity contribution in [3.8, 4) is 5.75 Å². The topological polar surface area (TPSA) is 77.6 Å². The van der Waals surface area contributed by atoms with E-state index >= 15 is 0 Å². The molecule has 2 heterocycles. The highest BCUT2D eigenvalue weighted by Crippen LogP contribution is 2.27. The Labute approximate surface area is 180 Å². The molecule has 30 heavy (non-hydrogen) atoms. The molecule has 2 aromatic rings. The van der Waals surface area contributed by atoms with Crippen molar-refractivity contribution in [2.75, 3.05) is 39.8 Å². The van der Waals surface area contributed by atoms with E-state index in [4.69, 9.17) is 9.73 Å². The summed E-state index contributed by atoms with van der Waals surface area (Å²) in [6, 6.07) is 8.73. The van der Waals surface area contributed by atoms with Crippen LogP contribution in [0.2, 0.25) is 0 Å². The number of guanidine groups is 1. The summed E-state index contributed by atoms with van der Waals surface area (Å²) >= 11 is 0. The second-order valence-corrected chi connectivity index (χ2v) is 7.80. The van der Waals surface area contributed by atoms with E-state index in [2.05, 4.69) is 51.7 Å². The third-order valence-corrected chi connectivity index (χ3v) is 5.70. The molecule has 1 aromatic carbocycles. The lowest BCUT2D eigenvalue weighted by atomic mass is 10.1. The van der Waals surface area contributed by atoms with Gasteiger partial charge in [-0.1, -0.05) is 12.1 Å². The molecule has 1 aromatic heterocycles. The molecule has 7 nitrogen and oxygen atoms in total. The van der Waals surface area contributed by atoms with E-state index < -0.39 is 0 Å². The van der Waals surface area contributed by atoms with Gasteiger partial charge in [0, 0.05) is 18.8 Å². The van der Waals surface area contributed by atoms with Gasteiger partial charge in [-0.05, 0) is 75.9 Å². The van der Waals surface area contributed by atoms with E-state index in [0.29, 0.717) is 6.04 Å². The molecule has 0 radical (unpaired) electrons. The number of ether oxygens (including phenoxy) is 1. The Morgan fingerprint density at radius 3 is 2.63 bits per heavy atom. The van der Waals surface area contributed by atoms with Gasteiger partial charge in [0.25, 0.3) is 0 Å². The maximum Gasteiger partial charge on any atom is 0.191 e. The first-order chi connectivity index (χ1) is 14.7. The number of hydrogen-bond acceptors (Lipinski definition) is 4. The minimum Gasteiger partial charge on any atom is -0.497 e. The molecule has 1 unspecified atom stereocenters. The van der Waals surface area contributed by atoms with Gasteiger partial charge in [0.05, 0.1) is 25.9 Å². The third kappa shape index (κ3) is 6.23. The summed E-state index contributed by atoms with van der Waals surface area (Å²) in [4.78, 5) is 7.48. The van der Waals surface area contributed by atoms with Gasteiger partial charge in [-0.15, -0.1) is 0 Å². The lowest BCUT2D eigenvalue weighted by Gasteiger charge is -2.27. The normalized spacial score (nSPS) is 15.9. The van der Waals surface area contributed by atoms with Gasteiger partial charge in [0.2, 0.25) is 0 Å². The number of methoxy groups -OCH3 is 1. The number of aromatic nitrogens is 2. The molecule has 0 saturated carbocycles. The number of aryl methyl sites for hydroxylation is 2. The predicted octanol–water partition coefficient (Wildman–Crippen LogP) is 3.05. The number of H-pyrrole nitrogens is 1. The van der Waals surface area contributed by atoms with E-state index in [-0.39, 0.29) is 0 Å². The molecule has 1 fully saturated rings. The smallest absolute Gasteiger partial charge is 0.191 e. The summed E-state index contributed by atoms with van der Waals surface area (Å²) in [7, 11) is 1.71. The number of aliphatic imine (C=N–C) groups is 1. The second-order valence-electron chi connectivity index (χ2n) is 7.80. The Hall–Kier alpha value is -2.54. The maximum absolute atomic E-state index is 5.33. The van der Waals surface area contributed by atoms with Gasteiger partial charge < -0.3 is 15.4 Å². The van der Waals surface area contributed by atoms with E-state index in [1.165, 1.54) is 24.0 Å². The molecule has 0 aliphatic carbocycles. The van der Waals surface area contributed by atoms with E-state index in [1.54, 1.807) is 7.11 Å². The quantitative estimate of drug-likeness (QED) is 0.318. The molecular formula is C23H36N6O. The Morgan fingerprint density at radius 2 is 2.00 bits per heavy atom. The molecule has 1 aliphatic heterocycles. The first-order valence-electron chi connectivity index (χ1n) is 11.1. The van der Waals surface area contributed by atoms with Crippen molar-refractivity contribution in [3.05, 3.63) is 47.3 Å². The summed E-state index contributed by atoms with van der Waals surface area (Å²) in [5.74, 6) is 1.78. The number of hydrogen-bond donors (Lipinski definition) is 3. The Kier molecular flexibility index (Phi) is 8.56. The van der Waals surface area contributed by atoms with Crippen molar-refractivity contribution in [2.45, 2.75) is 45.6 Å². The number of rotatable bonds is 10. The minimum absolute atomic E-state index is 0.294. The highest BCUT2D eigenvalue weighted by molar-refractivity contribution is 5.79. The van der Waals surface area contributed by atoms with Crippen LogP contribution in [0.3, 0.4) is 0 Å². The summed E-state index contributed by atoms with van der Waals surface area (Å²) in [5, 5.41) is 14.0. The standard InChI is InChI=1S/C23H36N6O/c1-4-24-23(25-13-7-8-20-16-27-28-18(20)2)26-17-22(29-14-5-6-15-29)19-9-11-21(30-3)12-10-19/h9-12,16,22H,4-8,13-15,17H2,1-3H3,(H,27,28)(H2,24,25,26). The van der Waals surface area contributed by atoms with Crippen LogP contribution in [-0.2, 0) is 6.42 Å². The van der Waals surface area contributed by atoms with Gasteiger partial charge in [-0.3, -0.25) is 15.0 Å². The van der Waals surface area contributed by atoms with Crippen LogP contribution in [0.15, 0.2) is 35.5 Å². The molecule has 1 aliphatic rings. The second kappa shape index (κ2) is 11.6. The largest absolute Gasteiger partial charge is 0.497 e. The van der Waals surface area contributed by atoms with Crippen LogP contribution in [0.5, 0.6) is 5.75 Å². The molecule has 1 atom stereocenters. The fourth-order valence-electron chi connectivity index (χ4n) is 3.94. The van der Waals surface area contributed by atoms with Crippen LogP contribution in [0.1, 0.15) is 49.0 Å². The lowest BCUT2D eigenvalue weighted by molar-refractivity contribution is 0.251. The van der Waals surface area contributed by atoms with Gasteiger partial charge in [0.1, 0.15) is 5.75 Å². The average Bonchev–Trinajstić information content (AvgIpc) is 3.44. The molecule has 0 bridgehead atoms. The zero-order valence-corrected chi connectivity index (χ0v) is 18.6. The van der Waals surface area contributed by atoms with Crippen molar-refractivity contribution >= 4 is 5.96 Å². The van der Waals surface area contributed by atoms with Gasteiger partial charge in [0.15, 0.2) is 5.96 Å². The number of likely N-dealkylation sites (tertiary alicyclic amines) is 1. The van der Waals surface area contributed by atoms with E-state index in [1.807, 2.05) is 18.3 Å². The molecule has 1 saturated heterocycles. The fourth-order valence-corrected chi connectivity index (χ4v) is 3.94. The molecule has 7 heteroatoms. The third-order valence-electron chi connectivity index (χ3n) is 5.70. The summed E-state index contributed by atoms with van der Waals surface area (Å²) < 4.78 is 5.33. The van der Waals surface area contributed by atoms with Crippen molar-refractivity contribution in [1.82, 2.24) is 25.7 Å². The highest BCUT2D eigenvalue weighted by Gasteiger charge is 2.23. The SMILES string of the molecule is CCNC(=NCC(c1ccc(OC)cc1)N1CCCC1)NCCCc1cn[nH]c1C. The summed E-state index contributed by atoms with van der Waals surface area (Å²) in [6.07, 6.45) is 6.50. The van der Waals surface area contributed by atoms with Crippen molar-refractivity contribution in [2.24, 2.45) is 4.99 Å². The van der Waals surface area contributed by atoms with Crippen LogP contribution in [0.4, 0.5) is 0 Å². The number of aromatic amines is 1. The monoisotopic (exact) mass is 412 g/mol. The molecule has 3 N–H and O–H groups in total. The number of nitrogens with zero attached hydrogens (tertiary/aromatic N) is 3. The molecule has 0 amide bonds. The Bertz CT molecular complexity index is 779. The minimum atomic E-state index is 0.294. The Morgan fingerprint density at radius 1 is 1.23 bits per heavy atom. The van der Waals surface area contributed by atoms with Gasteiger partial charge in [-0.2, -0.15) is 5.10 Å². The van der Waals surface area contributed by atoms with Crippen LogP contribution >= 0.6 is 0 Å². The summed E-state index contributed by atoms with van der Waals surface area (Å²) in [6.45, 7) is 8.92. The molecule has 164 valence electrons. The zero-order valence-electron chi connectivity index (χ0n) is 18.6. The Balaban J connectivity index is 1.60. The van der Waals surface area contributed by atoms with Crippen molar-refractivity contribution in [3.63, 3.8) is 0 Å². The van der Waals surface area contributed by atoms with Gasteiger partial charge in [-0.25, -0.2) is 0 Å². The fraction of sp³-hybridized carbons (Fsp3) is 0.565. The maximum atomic E-state index is 5.33. The van der Waals surface area contributed by atoms with Crippen LogP contribution in [-0.4, -0.2) is 60.9 Å².